The van der Waals surface area contributed by atoms with Gasteiger partial charge in [-0.1, -0.05) is 12.1 Å². The Morgan fingerprint density at radius 1 is 1.36 bits per heavy atom. The quantitative estimate of drug-likeness (QED) is 0.877. The number of para-hydroxylation sites is 1. The first-order valence-electron chi connectivity index (χ1n) is 8.90. The number of aromatic nitrogens is 2. The summed E-state index contributed by atoms with van der Waals surface area (Å²) in [5.41, 5.74) is 0.403. The van der Waals surface area contributed by atoms with E-state index < -0.39 is 0 Å². The van der Waals surface area contributed by atoms with Crippen molar-refractivity contribution in [2.24, 2.45) is 11.3 Å². The Balaban J connectivity index is 1.29. The topological polar surface area (TPSA) is 50.2 Å². The number of carbonyl (C=O) groups excluding carboxylic acids is 1. The van der Waals surface area contributed by atoms with E-state index in [0.717, 1.165) is 32.4 Å². The highest BCUT2D eigenvalue weighted by molar-refractivity contribution is 5.85. The third-order valence-electron chi connectivity index (χ3n) is 5.41. The first-order valence-corrected chi connectivity index (χ1v) is 8.90. The molecule has 132 valence electrons. The first kappa shape index (κ1) is 16.1. The summed E-state index contributed by atoms with van der Waals surface area (Å²) in [6.07, 6.45) is 8.24. The normalized spacial score (nSPS) is 21.3. The molecular formula is C19H23FN4O. The van der Waals surface area contributed by atoms with E-state index in [9.17, 15) is 9.18 Å². The third kappa shape index (κ3) is 3.38. The standard InChI is InChI=1S/C19H23FN4O/c20-16-3-1-2-4-17(16)24-9-5-15(12-24)11-22-18(25)19(6-7-19)13-23-10-8-21-14-23/h1-4,8,10,14-15H,5-7,9,11-13H2,(H,22,25)/t15-/m0/s1. The van der Waals surface area contributed by atoms with Crippen LogP contribution in [0, 0.1) is 17.2 Å². The second-order valence-corrected chi connectivity index (χ2v) is 7.28. The van der Waals surface area contributed by atoms with Crippen molar-refractivity contribution < 1.29 is 9.18 Å². The Morgan fingerprint density at radius 3 is 2.92 bits per heavy atom. The van der Waals surface area contributed by atoms with E-state index in [1.807, 2.05) is 22.9 Å². The Morgan fingerprint density at radius 2 is 2.20 bits per heavy atom. The molecule has 0 unspecified atom stereocenters. The summed E-state index contributed by atoms with van der Waals surface area (Å²) in [5, 5.41) is 3.13. The SMILES string of the molecule is O=C(NC[C@@H]1CCN(c2ccccc2F)C1)C1(Cn2ccnc2)CC1. The minimum absolute atomic E-state index is 0.144. The van der Waals surface area contributed by atoms with E-state index in [1.165, 1.54) is 6.07 Å². The van der Waals surface area contributed by atoms with E-state index in [0.29, 0.717) is 24.7 Å². The maximum atomic E-state index is 13.9. The van der Waals surface area contributed by atoms with E-state index in [1.54, 1.807) is 18.6 Å². The fourth-order valence-electron chi connectivity index (χ4n) is 3.69. The number of amides is 1. The van der Waals surface area contributed by atoms with Gasteiger partial charge in [-0.15, -0.1) is 0 Å². The minimum atomic E-state index is -0.259. The largest absolute Gasteiger partial charge is 0.369 e. The summed E-state index contributed by atoms with van der Waals surface area (Å²) in [6, 6.07) is 6.89. The lowest BCUT2D eigenvalue weighted by Crippen LogP contribution is -2.38. The number of imidazole rings is 1. The zero-order valence-corrected chi connectivity index (χ0v) is 14.2. The van der Waals surface area contributed by atoms with Gasteiger partial charge >= 0.3 is 0 Å². The highest BCUT2D eigenvalue weighted by atomic mass is 19.1. The van der Waals surface area contributed by atoms with Crippen LogP contribution in [0.15, 0.2) is 43.0 Å². The number of anilines is 1. The molecule has 2 fully saturated rings. The molecule has 1 aliphatic carbocycles. The van der Waals surface area contributed by atoms with Gasteiger partial charge in [0, 0.05) is 38.6 Å². The van der Waals surface area contributed by atoms with Crippen LogP contribution in [-0.4, -0.2) is 35.1 Å². The lowest BCUT2D eigenvalue weighted by atomic mass is 10.0. The van der Waals surface area contributed by atoms with Gasteiger partial charge in [0.15, 0.2) is 0 Å². The second kappa shape index (κ2) is 6.50. The molecule has 1 aliphatic heterocycles. The number of carbonyl (C=O) groups is 1. The lowest BCUT2D eigenvalue weighted by molar-refractivity contribution is -0.127. The molecule has 1 aromatic heterocycles. The Hall–Kier alpha value is -2.37. The smallest absolute Gasteiger partial charge is 0.228 e. The molecule has 5 nitrogen and oxygen atoms in total. The van der Waals surface area contributed by atoms with Gasteiger partial charge in [-0.3, -0.25) is 4.79 Å². The molecule has 1 amide bonds. The average Bonchev–Trinajstić information content (AvgIpc) is 3.01. The number of hydrogen-bond acceptors (Lipinski definition) is 3. The molecule has 1 N–H and O–H groups in total. The van der Waals surface area contributed by atoms with Gasteiger partial charge in [0.1, 0.15) is 5.82 Å². The van der Waals surface area contributed by atoms with Crippen molar-refractivity contribution in [2.75, 3.05) is 24.5 Å². The Bertz CT molecular complexity index is 742. The van der Waals surface area contributed by atoms with E-state index in [2.05, 4.69) is 15.2 Å². The van der Waals surface area contributed by atoms with E-state index in [4.69, 9.17) is 0 Å². The highest BCUT2D eigenvalue weighted by Crippen LogP contribution is 2.47. The molecule has 2 aromatic rings. The van der Waals surface area contributed by atoms with Crippen molar-refractivity contribution in [2.45, 2.75) is 25.8 Å². The van der Waals surface area contributed by atoms with Gasteiger partial charge in [-0.25, -0.2) is 9.37 Å². The van der Waals surface area contributed by atoms with Gasteiger partial charge in [-0.2, -0.15) is 0 Å². The molecular weight excluding hydrogens is 319 g/mol. The fraction of sp³-hybridized carbons (Fsp3) is 0.474. The molecule has 25 heavy (non-hydrogen) atoms. The van der Waals surface area contributed by atoms with E-state index >= 15 is 0 Å². The number of rotatable bonds is 6. The number of halogens is 1. The Kier molecular flexibility index (Phi) is 4.19. The summed E-state index contributed by atoms with van der Waals surface area (Å²) in [4.78, 5) is 18.7. The summed E-state index contributed by atoms with van der Waals surface area (Å²) < 4.78 is 15.9. The number of benzene rings is 1. The first-order chi connectivity index (χ1) is 12.2. The fourth-order valence-corrected chi connectivity index (χ4v) is 3.69. The van der Waals surface area contributed by atoms with Crippen LogP contribution in [0.1, 0.15) is 19.3 Å². The van der Waals surface area contributed by atoms with Gasteiger partial charge in [-0.05, 0) is 37.3 Å². The van der Waals surface area contributed by atoms with Gasteiger partial charge in [0.25, 0.3) is 0 Å². The summed E-state index contributed by atoms with van der Waals surface area (Å²) in [7, 11) is 0. The highest BCUT2D eigenvalue weighted by Gasteiger charge is 2.50. The Labute approximate surface area is 146 Å². The van der Waals surface area contributed by atoms with Crippen LogP contribution in [0.3, 0.4) is 0 Å². The van der Waals surface area contributed by atoms with Crippen LogP contribution in [0.4, 0.5) is 10.1 Å². The minimum Gasteiger partial charge on any atom is -0.369 e. The molecule has 1 saturated carbocycles. The molecule has 6 heteroatoms. The number of hydrogen-bond donors (Lipinski definition) is 1. The van der Waals surface area contributed by atoms with Gasteiger partial charge < -0.3 is 14.8 Å². The van der Waals surface area contributed by atoms with Crippen LogP contribution in [0.25, 0.3) is 0 Å². The zero-order valence-electron chi connectivity index (χ0n) is 14.2. The predicted octanol–water partition coefficient (Wildman–Crippen LogP) is 2.45. The summed E-state index contributed by atoms with van der Waals surface area (Å²) in [6.45, 7) is 2.98. The maximum Gasteiger partial charge on any atom is 0.228 e. The molecule has 1 atom stereocenters. The van der Waals surface area contributed by atoms with Crippen molar-refractivity contribution >= 4 is 11.6 Å². The third-order valence-corrected chi connectivity index (χ3v) is 5.41. The lowest BCUT2D eigenvalue weighted by Gasteiger charge is -2.20. The molecule has 1 aromatic carbocycles. The van der Waals surface area contributed by atoms with Crippen LogP contribution in [0.2, 0.25) is 0 Å². The molecule has 2 aliphatic rings. The summed E-state index contributed by atoms with van der Waals surface area (Å²) in [5.74, 6) is 0.336. The van der Waals surface area contributed by atoms with E-state index in [-0.39, 0.29) is 17.1 Å². The van der Waals surface area contributed by atoms with Crippen molar-refractivity contribution in [1.29, 1.82) is 0 Å². The molecule has 2 heterocycles. The van der Waals surface area contributed by atoms with Crippen molar-refractivity contribution in [3.8, 4) is 0 Å². The van der Waals surface area contributed by atoms with Crippen LogP contribution < -0.4 is 10.2 Å². The second-order valence-electron chi connectivity index (χ2n) is 7.28. The van der Waals surface area contributed by atoms with Crippen LogP contribution in [-0.2, 0) is 11.3 Å². The molecule has 0 spiro atoms. The zero-order chi connectivity index (χ0) is 17.3. The van der Waals surface area contributed by atoms with Crippen molar-refractivity contribution in [3.63, 3.8) is 0 Å². The number of nitrogens with zero attached hydrogens (tertiary/aromatic N) is 3. The van der Waals surface area contributed by atoms with Gasteiger partial charge in [0.2, 0.25) is 5.91 Å². The van der Waals surface area contributed by atoms with Crippen molar-refractivity contribution in [3.05, 3.63) is 48.8 Å². The molecule has 4 rings (SSSR count). The maximum absolute atomic E-state index is 13.9. The monoisotopic (exact) mass is 342 g/mol. The molecule has 0 radical (unpaired) electrons. The molecule has 0 bridgehead atoms. The number of nitrogens with one attached hydrogen (secondary N) is 1. The van der Waals surface area contributed by atoms with Crippen LogP contribution in [0.5, 0.6) is 0 Å². The average molecular weight is 342 g/mol. The van der Waals surface area contributed by atoms with Crippen molar-refractivity contribution in [1.82, 2.24) is 14.9 Å². The predicted molar refractivity (Wildman–Crippen MR) is 93.6 cm³/mol. The van der Waals surface area contributed by atoms with Gasteiger partial charge in [0.05, 0.1) is 17.4 Å². The summed E-state index contributed by atoms with van der Waals surface area (Å²) >= 11 is 0. The van der Waals surface area contributed by atoms with Crippen LogP contribution >= 0.6 is 0 Å². The molecule has 1 saturated heterocycles.